The number of hydrogen-bond acceptors (Lipinski definition) is 15. The first-order valence-corrected chi connectivity index (χ1v) is 17.5. The van der Waals surface area contributed by atoms with Crippen LogP contribution in [0.5, 0.6) is 5.75 Å². The van der Waals surface area contributed by atoms with Crippen molar-refractivity contribution in [2.24, 2.45) is 0 Å². The van der Waals surface area contributed by atoms with E-state index in [1.54, 1.807) is 24.3 Å². The molecule has 0 saturated heterocycles. The Balaban J connectivity index is 1.54. The van der Waals surface area contributed by atoms with E-state index < -0.39 is 61.8 Å². The van der Waals surface area contributed by atoms with Crippen molar-refractivity contribution < 1.29 is 62.5 Å². The van der Waals surface area contributed by atoms with E-state index in [1.165, 1.54) is 17.4 Å². The molecule has 0 amide bonds. The van der Waals surface area contributed by atoms with Gasteiger partial charge in [0.2, 0.25) is 6.10 Å². The highest BCUT2D eigenvalue weighted by molar-refractivity contribution is 7.24. The van der Waals surface area contributed by atoms with Crippen LogP contribution in [0.2, 0.25) is 0 Å². The van der Waals surface area contributed by atoms with Crippen LogP contribution in [-0.2, 0) is 47.6 Å². The molecule has 0 radical (unpaired) electrons. The van der Waals surface area contributed by atoms with Gasteiger partial charge < -0.3 is 43.4 Å². The third kappa shape index (κ3) is 14.9. The molecule has 0 aliphatic heterocycles. The second kappa shape index (κ2) is 23.0. The zero-order valence-electron chi connectivity index (χ0n) is 28.7. The Labute approximate surface area is 304 Å². The summed E-state index contributed by atoms with van der Waals surface area (Å²) in [4.78, 5) is 61.2. The van der Waals surface area contributed by atoms with Crippen LogP contribution in [0.15, 0.2) is 72.6 Å². The molecule has 0 aliphatic rings. The molecular weight excluding hydrogens is 700 g/mol. The number of unbranched alkanes of at least 4 members (excludes halogenated alkanes) is 2. The third-order valence-electron chi connectivity index (χ3n) is 7.10. The van der Waals surface area contributed by atoms with Gasteiger partial charge in [-0.05, 0) is 56.0 Å². The minimum atomic E-state index is -1.53. The largest absolute Gasteiger partial charge is 0.478 e. The lowest BCUT2D eigenvalue weighted by Crippen LogP contribution is -2.35. The van der Waals surface area contributed by atoms with Crippen LogP contribution >= 0.6 is 11.3 Å². The molecule has 52 heavy (non-hydrogen) atoms. The number of aliphatic hydroxyl groups is 2. The van der Waals surface area contributed by atoms with Crippen molar-refractivity contribution in [3.05, 3.63) is 78.0 Å². The molecular formula is C37H44O14S. The number of fused-ring (bicyclic) bond motifs is 2. The van der Waals surface area contributed by atoms with Gasteiger partial charge >= 0.3 is 23.9 Å². The van der Waals surface area contributed by atoms with Crippen LogP contribution in [0.25, 0.3) is 20.2 Å². The summed E-state index contributed by atoms with van der Waals surface area (Å²) in [6.07, 6.45) is -0.133. The first-order chi connectivity index (χ1) is 25.1. The van der Waals surface area contributed by atoms with Crippen molar-refractivity contribution in [3.8, 4) is 5.75 Å². The predicted octanol–water partition coefficient (Wildman–Crippen LogP) is 3.41. The van der Waals surface area contributed by atoms with E-state index in [4.69, 9.17) is 33.2 Å². The molecule has 282 valence electrons. The smallest absolute Gasteiger partial charge is 0.348 e. The second-order valence-corrected chi connectivity index (χ2v) is 12.4. The molecule has 2 N–H and O–H groups in total. The van der Waals surface area contributed by atoms with E-state index in [0.29, 0.717) is 41.2 Å². The maximum absolute atomic E-state index is 13.2. The van der Waals surface area contributed by atoms with Gasteiger partial charge in [0, 0.05) is 45.5 Å². The van der Waals surface area contributed by atoms with Gasteiger partial charge in [-0.3, -0.25) is 9.59 Å². The number of esters is 4. The highest BCUT2D eigenvalue weighted by Gasteiger charge is 2.28. The van der Waals surface area contributed by atoms with Crippen LogP contribution < -0.4 is 10.2 Å². The Morgan fingerprint density at radius 2 is 1.25 bits per heavy atom. The fourth-order valence-electron chi connectivity index (χ4n) is 4.47. The molecule has 1 aromatic heterocycles. The highest BCUT2D eigenvalue weighted by atomic mass is 32.1. The molecule has 14 nitrogen and oxygen atoms in total. The summed E-state index contributed by atoms with van der Waals surface area (Å²) in [6, 6.07) is 11.9. The first kappa shape index (κ1) is 41.7. The number of carbonyl (C=O) groups is 4. The Morgan fingerprint density at radius 3 is 1.87 bits per heavy atom. The summed E-state index contributed by atoms with van der Waals surface area (Å²) in [5.74, 6) is -2.77. The maximum Gasteiger partial charge on any atom is 0.348 e. The quantitative estimate of drug-likeness (QED) is 0.0422. The molecule has 0 aliphatic carbocycles. The Morgan fingerprint density at radius 1 is 0.692 bits per heavy atom. The summed E-state index contributed by atoms with van der Waals surface area (Å²) in [5.41, 5.74) is -0.221. The summed E-state index contributed by atoms with van der Waals surface area (Å²) in [6.45, 7) is 6.40. The van der Waals surface area contributed by atoms with E-state index in [0.717, 1.165) is 16.9 Å². The van der Waals surface area contributed by atoms with Crippen LogP contribution in [0.1, 0.15) is 32.1 Å². The SMILES string of the molecule is C=CC(=O)OCCCCOCC(O)COC(=O)CC(Oc1ccc2sc3ccccc3c(=O)c2c1)C(=O)OCC(O)COCCCCOC(=O)C=C. The fraction of sp³-hybridized carbons (Fsp3) is 0.432. The first-order valence-electron chi connectivity index (χ1n) is 16.7. The van der Waals surface area contributed by atoms with Crippen molar-refractivity contribution in [2.75, 3.05) is 52.9 Å². The number of hydrogen-bond donors (Lipinski definition) is 2. The van der Waals surface area contributed by atoms with Crippen molar-refractivity contribution >= 4 is 55.4 Å². The van der Waals surface area contributed by atoms with E-state index in [9.17, 15) is 34.2 Å². The van der Waals surface area contributed by atoms with E-state index in [2.05, 4.69) is 13.2 Å². The lowest BCUT2D eigenvalue weighted by Gasteiger charge is -2.19. The van der Waals surface area contributed by atoms with Gasteiger partial charge in [0.05, 0.1) is 32.8 Å². The minimum Gasteiger partial charge on any atom is -0.478 e. The van der Waals surface area contributed by atoms with Crippen molar-refractivity contribution in [1.29, 1.82) is 0 Å². The summed E-state index contributed by atoms with van der Waals surface area (Å²) in [7, 11) is 0. The van der Waals surface area contributed by atoms with Crippen LogP contribution in [0.3, 0.4) is 0 Å². The Hall–Kier alpha value is -4.67. The van der Waals surface area contributed by atoms with Gasteiger partial charge in [0.15, 0.2) is 5.43 Å². The Kier molecular flexibility index (Phi) is 18.5. The number of carbonyl (C=O) groups excluding carboxylic acids is 4. The Bertz CT molecular complexity index is 1700. The standard InChI is InChI=1S/C37H44O14S/c1-3-33(40)47-17-9-7-15-45-21-25(38)23-49-35(42)20-30(37(44)50-24-26(39)22-46-16-8-10-18-48-34(41)4-2)51-27-13-14-32-29(19-27)36(43)28-11-5-6-12-31(28)52-32/h3-6,11-14,19,25-26,30,38-39H,1-2,7-10,15-18,20-24H2. The van der Waals surface area contributed by atoms with Gasteiger partial charge in [0.25, 0.3) is 0 Å². The predicted molar refractivity (Wildman–Crippen MR) is 191 cm³/mol. The number of rotatable bonds is 25. The van der Waals surface area contributed by atoms with Gasteiger partial charge in [-0.1, -0.05) is 25.3 Å². The molecule has 2 aromatic carbocycles. The normalized spacial score (nSPS) is 12.7. The lowest BCUT2D eigenvalue weighted by molar-refractivity contribution is -0.162. The average molecular weight is 745 g/mol. The fourth-order valence-corrected chi connectivity index (χ4v) is 5.53. The molecule has 1 heterocycles. The number of aliphatic hydroxyl groups excluding tert-OH is 2. The van der Waals surface area contributed by atoms with Gasteiger partial charge in [-0.15, -0.1) is 11.3 Å². The minimum absolute atomic E-state index is 0.122. The summed E-state index contributed by atoms with van der Waals surface area (Å²) >= 11 is 1.42. The molecule has 15 heteroatoms. The van der Waals surface area contributed by atoms with Crippen LogP contribution in [0.4, 0.5) is 0 Å². The highest BCUT2D eigenvalue weighted by Crippen LogP contribution is 2.28. The van der Waals surface area contributed by atoms with E-state index in [-0.39, 0.29) is 50.8 Å². The molecule has 0 spiro atoms. The third-order valence-corrected chi connectivity index (χ3v) is 8.26. The van der Waals surface area contributed by atoms with Crippen molar-refractivity contribution in [1.82, 2.24) is 0 Å². The zero-order valence-corrected chi connectivity index (χ0v) is 29.6. The molecule has 3 rings (SSSR count). The number of ether oxygens (including phenoxy) is 7. The van der Waals surface area contributed by atoms with Crippen LogP contribution in [-0.4, -0.2) is 105 Å². The van der Waals surface area contributed by atoms with E-state index in [1.807, 2.05) is 12.1 Å². The summed E-state index contributed by atoms with van der Waals surface area (Å²) in [5, 5.41) is 21.4. The lowest BCUT2D eigenvalue weighted by atomic mass is 10.1. The van der Waals surface area contributed by atoms with Crippen molar-refractivity contribution in [2.45, 2.75) is 50.4 Å². The zero-order chi connectivity index (χ0) is 37.7. The number of benzene rings is 2. The maximum atomic E-state index is 13.2. The molecule has 3 atom stereocenters. The van der Waals surface area contributed by atoms with Crippen LogP contribution in [0, 0.1) is 0 Å². The molecule has 0 bridgehead atoms. The molecule has 3 aromatic rings. The molecule has 0 saturated carbocycles. The van der Waals surface area contributed by atoms with E-state index >= 15 is 0 Å². The second-order valence-electron chi connectivity index (χ2n) is 11.3. The topological polar surface area (TPSA) is 190 Å². The molecule has 3 unspecified atom stereocenters. The summed E-state index contributed by atoms with van der Waals surface area (Å²) < 4.78 is 38.3. The van der Waals surface area contributed by atoms with Crippen molar-refractivity contribution in [3.63, 3.8) is 0 Å². The molecule has 0 fully saturated rings. The van der Waals surface area contributed by atoms with Gasteiger partial charge in [-0.25, -0.2) is 14.4 Å². The average Bonchev–Trinajstić information content (AvgIpc) is 3.15. The monoisotopic (exact) mass is 744 g/mol. The van der Waals surface area contributed by atoms with Gasteiger partial charge in [-0.2, -0.15) is 0 Å². The van der Waals surface area contributed by atoms with Gasteiger partial charge in [0.1, 0.15) is 31.2 Å².